The molecule has 0 fully saturated rings. The standard InChI is InChI=1S/C11H9ClN2/c1-8-11(14-7-6-13-8)9-2-4-10(12)5-3-9/h2-7H,1H3. The Morgan fingerprint density at radius 3 is 2.29 bits per heavy atom. The zero-order chi connectivity index (χ0) is 9.97. The van der Waals surface area contributed by atoms with Crippen LogP contribution >= 0.6 is 11.6 Å². The molecule has 1 aromatic carbocycles. The fourth-order valence-electron chi connectivity index (χ4n) is 1.30. The van der Waals surface area contributed by atoms with E-state index < -0.39 is 0 Å². The Hall–Kier alpha value is -1.41. The van der Waals surface area contributed by atoms with Crippen molar-refractivity contribution in [2.24, 2.45) is 0 Å². The van der Waals surface area contributed by atoms with E-state index in [0.717, 1.165) is 22.0 Å². The number of benzene rings is 1. The Morgan fingerprint density at radius 2 is 1.64 bits per heavy atom. The molecule has 1 aromatic heterocycles. The highest BCUT2D eigenvalue weighted by molar-refractivity contribution is 6.30. The molecule has 1 heterocycles. The number of nitrogens with zero attached hydrogens (tertiary/aromatic N) is 2. The highest BCUT2D eigenvalue weighted by Crippen LogP contribution is 2.20. The first-order chi connectivity index (χ1) is 6.77. The van der Waals surface area contributed by atoms with Gasteiger partial charge in [-0.15, -0.1) is 0 Å². The molecule has 0 unspecified atom stereocenters. The Kier molecular flexibility index (Phi) is 2.46. The molecule has 14 heavy (non-hydrogen) atoms. The minimum Gasteiger partial charge on any atom is -0.258 e. The molecule has 0 N–H and O–H groups in total. The first kappa shape index (κ1) is 9.16. The highest BCUT2D eigenvalue weighted by atomic mass is 35.5. The Morgan fingerprint density at radius 1 is 1.00 bits per heavy atom. The molecular formula is C11H9ClN2. The summed E-state index contributed by atoms with van der Waals surface area (Å²) in [7, 11) is 0. The first-order valence-electron chi connectivity index (χ1n) is 4.31. The largest absolute Gasteiger partial charge is 0.258 e. The molecule has 3 heteroatoms. The lowest BCUT2D eigenvalue weighted by molar-refractivity contribution is 1.12. The maximum absolute atomic E-state index is 5.80. The van der Waals surface area contributed by atoms with Crippen molar-refractivity contribution in [3.8, 4) is 11.3 Å². The van der Waals surface area contributed by atoms with Gasteiger partial charge in [-0.1, -0.05) is 23.7 Å². The van der Waals surface area contributed by atoms with Gasteiger partial charge in [-0.3, -0.25) is 9.97 Å². The van der Waals surface area contributed by atoms with Gasteiger partial charge in [-0.2, -0.15) is 0 Å². The lowest BCUT2D eigenvalue weighted by Gasteiger charge is -2.02. The quantitative estimate of drug-likeness (QED) is 0.714. The molecule has 0 atom stereocenters. The number of hydrogen-bond donors (Lipinski definition) is 0. The van der Waals surface area contributed by atoms with E-state index in [-0.39, 0.29) is 0 Å². The van der Waals surface area contributed by atoms with Crippen molar-refractivity contribution in [1.29, 1.82) is 0 Å². The molecule has 0 bridgehead atoms. The summed E-state index contributed by atoms with van der Waals surface area (Å²) in [6.07, 6.45) is 3.38. The fourth-order valence-corrected chi connectivity index (χ4v) is 1.42. The van der Waals surface area contributed by atoms with E-state index in [4.69, 9.17) is 11.6 Å². The third-order valence-corrected chi connectivity index (χ3v) is 2.25. The number of aryl methyl sites for hydroxylation is 1. The van der Waals surface area contributed by atoms with Crippen molar-refractivity contribution < 1.29 is 0 Å². The number of aromatic nitrogens is 2. The maximum Gasteiger partial charge on any atom is 0.0914 e. The van der Waals surface area contributed by atoms with Crippen molar-refractivity contribution in [1.82, 2.24) is 9.97 Å². The summed E-state index contributed by atoms with van der Waals surface area (Å²) in [6.45, 7) is 1.94. The third-order valence-electron chi connectivity index (χ3n) is 2.00. The molecule has 2 nitrogen and oxygen atoms in total. The first-order valence-corrected chi connectivity index (χ1v) is 4.69. The summed E-state index contributed by atoms with van der Waals surface area (Å²) in [5, 5.41) is 0.732. The Bertz CT molecular complexity index is 437. The van der Waals surface area contributed by atoms with Gasteiger partial charge in [0.05, 0.1) is 11.4 Å². The van der Waals surface area contributed by atoms with E-state index >= 15 is 0 Å². The molecule has 0 radical (unpaired) electrons. The number of hydrogen-bond acceptors (Lipinski definition) is 2. The summed E-state index contributed by atoms with van der Waals surface area (Å²) < 4.78 is 0. The van der Waals surface area contributed by atoms with E-state index in [1.54, 1.807) is 12.4 Å². The molecule has 0 spiro atoms. The average Bonchev–Trinajstić information content (AvgIpc) is 2.20. The van der Waals surface area contributed by atoms with Crippen LogP contribution in [-0.2, 0) is 0 Å². The Labute approximate surface area is 87.6 Å². The van der Waals surface area contributed by atoms with Gasteiger partial charge in [0.25, 0.3) is 0 Å². The lowest BCUT2D eigenvalue weighted by atomic mass is 10.1. The van der Waals surface area contributed by atoms with Crippen molar-refractivity contribution in [3.63, 3.8) is 0 Å². The van der Waals surface area contributed by atoms with E-state index in [1.165, 1.54) is 0 Å². The predicted molar refractivity (Wildman–Crippen MR) is 57.2 cm³/mol. The minimum absolute atomic E-state index is 0.732. The van der Waals surface area contributed by atoms with Gasteiger partial charge in [-0.05, 0) is 19.1 Å². The third kappa shape index (κ3) is 1.75. The summed E-state index contributed by atoms with van der Waals surface area (Å²) in [5.74, 6) is 0. The number of halogens is 1. The molecule has 70 valence electrons. The molecule has 2 aromatic rings. The predicted octanol–water partition coefficient (Wildman–Crippen LogP) is 3.11. The summed E-state index contributed by atoms with van der Waals surface area (Å²) >= 11 is 5.80. The van der Waals surface area contributed by atoms with Gasteiger partial charge in [0.2, 0.25) is 0 Å². The second kappa shape index (κ2) is 3.76. The van der Waals surface area contributed by atoms with Crippen LogP contribution in [0.5, 0.6) is 0 Å². The van der Waals surface area contributed by atoms with E-state index in [0.29, 0.717) is 0 Å². The zero-order valence-corrected chi connectivity index (χ0v) is 8.49. The van der Waals surface area contributed by atoms with Crippen molar-refractivity contribution in [3.05, 3.63) is 47.4 Å². The van der Waals surface area contributed by atoms with E-state index in [2.05, 4.69) is 9.97 Å². The van der Waals surface area contributed by atoms with Crippen molar-refractivity contribution in [2.45, 2.75) is 6.92 Å². The molecule has 0 aliphatic heterocycles. The molecule has 0 saturated carbocycles. The molecule has 0 amide bonds. The molecule has 0 saturated heterocycles. The summed E-state index contributed by atoms with van der Waals surface area (Å²) in [5.41, 5.74) is 2.87. The van der Waals surface area contributed by atoms with Crippen LogP contribution in [-0.4, -0.2) is 9.97 Å². The van der Waals surface area contributed by atoms with Crippen LogP contribution in [0.4, 0.5) is 0 Å². The smallest absolute Gasteiger partial charge is 0.0914 e. The SMILES string of the molecule is Cc1nccnc1-c1ccc(Cl)cc1. The monoisotopic (exact) mass is 204 g/mol. The van der Waals surface area contributed by atoms with E-state index in [9.17, 15) is 0 Å². The van der Waals surface area contributed by atoms with Crippen LogP contribution in [0, 0.1) is 6.92 Å². The van der Waals surface area contributed by atoms with Crippen LogP contribution in [0.2, 0.25) is 5.02 Å². The average molecular weight is 205 g/mol. The van der Waals surface area contributed by atoms with Crippen LogP contribution in [0.1, 0.15) is 5.69 Å². The minimum atomic E-state index is 0.732. The van der Waals surface area contributed by atoms with Gasteiger partial charge in [-0.25, -0.2) is 0 Å². The summed E-state index contributed by atoms with van der Waals surface area (Å²) in [6, 6.07) is 7.59. The Balaban J connectivity index is 2.50. The fraction of sp³-hybridized carbons (Fsp3) is 0.0909. The van der Waals surface area contributed by atoms with Crippen LogP contribution in [0.3, 0.4) is 0 Å². The molecule has 0 aliphatic carbocycles. The second-order valence-electron chi connectivity index (χ2n) is 3.00. The van der Waals surface area contributed by atoms with Crippen molar-refractivity contribution in [2.75, 3.05) is 0 Å². The molecular weight excluding hydrogens is 196 g/mol. The molecule has 0 aliphatic rings. The van der Waals surface area contributed by atoms with Gasteiger partial charge in [0.15, 0.2) is 0 Å². The van der Waals surface area contributed by atoms with Gasteiger partial charge in [0, 0.05) is 23.0 Å². The van der Waals surface area contributed by atoms with Crippen molar-refractivity contribution >= 4 is 11.6 Å². The highest BCUT2D eigenvalue weighted by Gasteiger charge is 2.02. The van der Waals surface area contributed by atoms with Gasteiger partial charge in [0.1, 0.15) is 0 Å². The zero-order valence-electron chi connectivity index (χ0n) is 7.74. The summed E-state index contributed by atoms with van der Waals surface area (Å²) in [4.78, 5) is 8.46. The second-order valence-corrected chi connectivity index (χ2v) is 3.43. The topological polar surface area (TPSA) is 25.8 Å². The molecule has 2 rings (SSSR count). The van der Waals surface area contributed by atoms with Crippen LogP contribution in [0.15, 0.2) is 36.7 Å². The normalized spacial score (nSPS) is 10.1. The maximum atomic E-state index is 5.80. The van der Waals surface area contributed by atoms with Gasteiger partial charge < -0.3 is 0 Å². The number of rotatable bonds is 1. The van der Waals surface area contributed by atoms with Crippen LogP contribution < -0.4 is 0 Å². The van der Waals surface area contributed by atoms with E-state index in [1.807, 2.05) is 31.2 Å². The van der Waals surface area contributed by atoms with Gasteiger partial charge >= 0.3 is 0 Å². The van der Waals surface area contributed by atoms with Crippen LogP contribution in [0.25, 0.3) is 11.3 Å². The lowest BCUT2D eigenvalue weighted by Crippen LogP contribution is -1.90.